The Morgan fingerprint density at radius 3 is 2.35 bits per heavy atom. The predicted octanol–water partition coefficient (Wildman–Crippen LogP) is 1.40. The van der Waals surface area contributed by atoms with Gasteiger partial charge in [-0.15, -0.1) is 0 Å². The average Bonchev–Trinajstić information content (AvgIpc) is 2.63. The van der Waals surface area contributed by atoms with E-state index in [4.69, 9.17) is 10.2 Å². The Morgan fingerprint density at radius 1 is 1.35 bits per heavy atom. The van der Waals surface area contributed by atoms with E-state index in [1.165, 1.54) is 10.4 Å². The van der Waals surface area contributed by atoms with Gasteiger partial charge in [-0.2, -0.15) is 4.31 Å². The summed E-state index contributed by atoms with van der Waals surface area (Å²) in [6.45, 7) is 6.55. The molecule has 0 spiro atoms. The highest BCUT2D eigenvalue weighted by molar-refractivity contribution is 7.89. The largest absolute Gasteiger partial charge is 0.447 e. The first-order valence-electron chi connectivity index (χ1n) is 5.42. The molecule has 1 aromatic rings. The third-order valence-corrected chi connectivity index (χ3v) is 3.88. The molecule has 1 rings (SSSR count). The lowest BCUT2D eigenvalue weighted by Crippen LogP contribution is -2.34. The van der Waals surface area contributed by atoms with Crippen molar-refractivity contribution < 1.29 is 12.8 Å². The molecule has 5 nitrogen and oxygen atoms in total. The Balaban J connectivity index is 2.95. The summed E-state index contributed by atoms with van der Waals surface area (Å²) in [6.07, 6.45) is 0. The molecule has 0 amide bonds. The second kappa shape index (κ2) is 4.80. The van der Waals surface area contributed by atoms with Crippen molar-refractivity contribution in [1.82, 2.24) is 4.31 Å². The van der Waals surface area contributed by atoms with Crippen molar-refractivity contribution >= 4 is 10.0 Å². The van der Waals surface area contributed by atoms with Crippen LogP contribution in [0.3, 0.4) is 0 Å². The fraction of sp³-hybridized carbons (Fsp3) is 0.636. The summed E-state index contributed by atoms with van der Waals surface area (Å²) in [4.78, 5) is 0. The van der Waals surface area contributed by atoms with Gasteiger partial charge in [0.15, 0.2) is 0 Å². The van der Waals surface area contributed by atoms with E-state index >= 15 is 0 Å². The zero-order valence-electron chi connectivity index (χ0n) is 10.7. The normalized spacial score (nSPS) is 13.3. The molecule has 0 saturated carbocycles. The predicted molar refractivity (Wildman–Crippen MR) is 65.9 cm³/mol. The Bertz CT molecular complexity index is 471. The fourth-order valence-electron chi connectivity index (χ4n) is 1.51. The molecule has 0 fully saturated rings. The van der Waals surface area contributed by atoms with Crippen LogP contribution in [0, 0.1) is 5.41 Å². The van der Waals surface area contributed by atoms with Crippen molar-refractivity contribution in [2.45, 2.75) is 32.4 Å². The molecule has 1 heterocycles. The zero-order chi connectivity index (χ0) is 13.3. The summed E-state index contributed by atoms with van der Waals surface area (Å²) in [5.41, 5.74) is 5.28. The van der Waals surface area contributed by atoms with Crippen LogP contribution in [0.15, 0.2) is 21.6 Å². The van der Waals surface area contributed by atoms with Crippen molar-refractivity contribution in [1.29, 1.82) is 0 Å². The van der Waals surface area contributed by atoms with Crippen molar-refractivity contribution in [2.75, 3.05) is 13.6 Å². The number of rotatable bonds is 4. The van der Waals surface area contributed by atoms with Gasteiger partial charge in [0.25, 0.3) is 10.0 Å². The van der Waals surface area contributed by atoms with Crippen LogP contribution >= 0.6 is 0 Å². The molecule has 17 heavy (non-hydrogen) atoms. The Kier molecular flexibility index (Phi) is 4.01. The molecule has 2 N–H and O–H groups in total. The first-order chi connectivity index (χ1) is 7.66. The molecule has 0 aromatic carbocycles. The molecule has 6 heteroatoms. The van der Waals surface area contributed by atoms with Gasteiger partial charge < -0.3 is 10.2 Å². The Morgan fingerprint density at radius 2 is 1.94 bits per heavy atom. The van der Waals surface area contributed by atoms with E-state index in [1.54, 1.807) is 13.1 Å². The molecule has 0 aliphatic carbocycles. The zero-order valence-corrected chi connectivity index (χ0v) is 11.5. The smallest absolute Gasteiger partial charge is 0.276 e. The molecule has 0 aliphatic rings. The van der Waals surface area contributed by atoms with Crippen LogP contribution in [0.1, 0.15) is 26.5 Å². The Labute approximate surface area is 103 Å². The van der Waals surface area contributed by atoms with Gasteiger partial charge in [-0.25, -0.2) is 8.42 Å². The van der Waals surface area contributed by atoms with Crippen LogP contribution < -0.4 is 5.73 Å². The molecule has 0 radical (unpaired) electrons. The van der Waals surface area contributed by atoms with Crippen molar-refractivity contribution in [3.63, 3.8) is 0 Å². The molecule has 98 valence electrons. The quantitative estimate of drug-likeness (QED) is 0.888. The highest BCUT2D eigenvalue weighted by Crippen LogP contribution is 2.22. The lowest BCUT2D eigenvalue weighted by Gasteiger charge is -2.25. The van der Waals surface area contributed by atoms with E-state index in [2.05, 4.69) is 0 Å². The minimum absolute atomic E-state index is 0.0512. The third-order valence-electron chi connectivity index (χ3n) is 2.20. The van der Waals surface area contributed by atoms with Crippen LogP contribution in [0.2, 0.25) is 0 Å². The van der Waals surface area contributed by atoms with E-state index in [9.17, 15) is 8.42 Å². The first-order valence-corrected chi connectivity index (χ1v) is 6.86. The summed E-state index contributed by atoms with van der Waals surface area (Å²) in [6, 6.07) is 3.02. The lowest BCUT2D eigenvalue weighted by molar-refractivity contribution is 0.302. The maximum atomic E-state index is 12.1. The molecular formula is C11H20N2O3S. The third kappa shape index (κ3) is 3.55. The summed E-state index contributed by atoms with van der Waals surface area (Å²) in [5.74, 6) is 0.465. The van der Waals surface area contributed by atoms with Gasteiger partial charge in [0.1, 0.15) is 5.76 Å². The minimum atomic E-state index is -3.55. The van der Waals surface area contributed by atoms with E-state index < -0.39 is 10.0 Å². The molecule has 0 bridgehead atoms. The van der Waals surface area contributed by atoms with Crippen molar-refractivity contribution in [3.05, 3.63) is 17.9 Å². The maximum Gasteiger partial charge on any atom is 0.276 e. The second-order valence-electron chi connectivity index (χ2n) is 5.25. The van der Waals surface area contributed by atoms with Crippen LogP contribution in [-0.2, 0) is 16.6 Å². The summed E-state index contributed by atoms with van der Waals surface area (Å²) in [7, 11) is -2.00. The fourth-order valence-corrected chi connectivity index (χ4v) is 2.83. The minimum Gasteiger partial charge on any atom is -0.447 e. The molecule has 0 atom stereocenters. The van der Waals surface area contributed by atoms with Gasteiger partial charge in [0.05, 0.1) is 6.54 Å². The second-order valence-corrected chi connectivity index (χ2v) is 7.22. The highest BCUT2D eigenvalue weighted by atomic mass is 32.2. The van der Waals surface area contributed by atoms with E-state index in [0.717, 1.165) is 0 Å². The van der Waals surface area contributed by atoms with Gasteiger partial charge in [-0.3, -0.25) is 0 Å². The monoisotopic (exact) mass is 260 g/mol. The number of sulfonamides is 1. The van der Waals surface area contributed by atoms with Gasteiger partial charge in [0.2, 0.25) is 5.09 Å². The number of nitrogens with two attached hydrogens (primary N) is 1. The van der Waals surface area contributed by atoms with Crippen LogP contribution in [0.25, 0.3) is 0 Å². The number of furan rings is 1. The molecule has 1 aromatic heterocycles. The van der Waals surface area contributed by atoms with E-state index in [1.807, 2.05) is 20.8 Å². The number of hydrogen-bond donors (Lipinski definition) is 1. The highest BCUT2D eigenvalue weighted by Gasteiger charge is 2.27. The van der Waals surface area contributed by atoms with Crippen LogP contribution in [0.4, 0.5) is 0 Å². The van der Waals surface area contributed by atoms with Crippen molar-refractivity contribution in [3.8, 4) is 0 Å². The van der Waals surface area contributed by atoms with Gasteiger partial charge in [0, 0.05) is 13.6 Å². The van der Waals surface area contributed by atoms with E-state index in [0.29, 0.717) is 12.3 Å². The Hall–Kier alpha value is -0.850. The maximum absolute atomic E-state index is 12.1. The van der Waals surface area contributed by atoms with Gasteiger partial charge >= 0.3 is 0 Å². The number of hydrogen-bond acceptors (Lipinski definition) is 4. The van der Waals surface area contributed by atoms with Gasteiger partial charge in [-0.1, -0.05) is 20.8 Å². The summed E-state index contributed by atoms with van der Waals surface area (Å²) >= 11 is 0. The molecule has 0 unspecified atom stereocenters. The topological polar surface area (TPSA) is 76.5 Å². The lowest BCUT2D eigenvalue weighted by atomic mass is 9.97. The molecule has 0 aliphatic heterocycles. The SMILES string of the molecule is CN(CC(C)(C)C)S(=O)(=O)c1ccc(CN)o1. The summed E-state index contributed by atoms with van der Waals surface area (Å²) < 4.78 is 30.7. The van der Waals surface area contributed by atoms with Gasteiger partial charge in [-0.05, 0) is 17.5 Å². The first kappa shape index (κ1) is 14.2. The van der Waals surface area contributed by atoms with Crippen molar-refractivity contribution in [2.24, 2.45) is 11.1 Å². The van der Waals surface area contributed by atoms with Crippen LogP contribution in [-0.4, -0.2) is 26.3 Å². The summed E-state index contributed by atoms with van der Waals surface area (Å²) in [5, 5.41) is -0.0512. The number of nitrogens with zero attached hydrogens (tertiary/aromatic N) is 1. The average molecular weight is 260 g/mol. The molecule has 0 saturated heterocycles. The molecular weight excluding hydrogens is 240 g/mol. The standard InChI is InChI=1S/C11H20N2O3S/c1-11(2,3)8-13(4)17(14,15)10-6-5-9(7-12)16-10/h5-6H,7-8,12H2,1-4H3. The van der Waals surface area contributed by atoms with E-state index in [-0.39, 0.29) is 17.1 Å². The van der Waals surface area contributed by atoms with Crippen LogP contribution in [0.5, 0.6) is 0 Å².